The topological polar surface area (TPSA) is 96.0 Å². The fourth-order valence-electron chi connectivity index (χ4n) is 3.94. The predicted molar refractivity (Wildman–Crippen MR) is 74.1 cm³/mol. The highest BCUT2D eigenvalue weighted by atomic mass is 32.2. The van der Waals surface area contributed by atoms with Gasteiger partial charge < -0.3 is 9.47 Å². The molecule has 0 aromatic carbocycles. The number of carbonyl (C=O) groups is 2. The van der Waals surface area contributed by atoms with Crippen LogP contribution in [0.1, 0.15) is 26.7 Å². The minimum atomic E-state index is -3.58. The van der Waals surface area contributed by atoms with Gasteiger partial charge in [-0.3, -0.25) is 4.18 Å². The summed E-state index contributed by atoms with van der Waals surface area (Å²) >= 11 is 0. The zero-order valence-electron chi connectivity index (χ0n) is 12.4. The number of fused-ring (bicyclic) bond motifs is 1. The summed E-state index contributed by atoms with van der Waals surface area (Å²) in [5, 5.41) is -0.487. The average molecular weight is 330 g/mol. The van der Waals surface area contributed by atoms with E-state index < -0.39 is 45.6 Å². The zero-order chi connectivity index (χ0) is 16.3. The molecule has 3 fully saturated rings. The van der Waals surface area contributed by atoms with Gasteiger partial charge >= 0.3 is 11.9 Å². The van der Waals surface area contributed by atoms with E-state index >= 15 is 0 Å². The molecule has 0 aromatic heterocycles. The van der Waals surface area contributed by atoms with Crippen LogP contribution >= 0.6 is 0 Å². The molecule has 0 amide bonds. The van der Waals surface area contributed by atoms with E-state index in [1.165, 1.54) is 6.92 Å². The zero-order valence-corrected chi connectivity index (χ0v) is 13.2. The molecule has 3 rings (SSSR count). The van der Waals surface area contributed by atoms with E-state index in [4.69, 9.17) is 13.7 Å². The Balaban J connectivity index is 1.66. The van der Waals surface area contributed by atoms with Crippen molar-refractivity contribution in [2.75, 3.05) is 6.61 Å². The van der Waals surface area contributed by atoms with Gasteiger partial charge in [0.15, 0.2) is 6.61 Å². The van der Waals surface area contributed by atoms with Crippen molar-refractivity contribution in [1.82, 2.24) is 0 Å². The van der Waals surface area contributed by atoms with Gasteiger partial charge in [-0.2, -0.15) is 8.42 Å². The summed E-state index contributed by atoms with van der Waals surface area (Å²) in [7, 11) is -3.58. The fraction of sp³-hybridized carbons (Fsp3) is 0.714. The Morgan fingerprint density at radius 2 is 2.05 bits per heavy atom. The van der Waals surface area contributed by atoms with E-state index in [2.05, 4.69) is 6.58 Å². The van der Waals surface area contributed by atoms with Gasteiger partial charge in [-0.1, -0.05) is 6.58 Å². The largest absolute Gasteiger partial charge is 0.456 e. The Labute approximate surface area is 128 Å². The molecule has 2 aliphatic carbocycles. The number of ether oxygens (including phenoxy) is 2. The van der Waals surface area contributed by atoms with Crippen LogP contribution in [0.3, 0.4) is 0 Å². The van der Waals surface area contributed by atoms with E-state index in [9.17, 15) is 18.0 Å². The molecule has 0 spiro atoms. The van der Waals surface area contributed by atoms with E-state index in [1.54, 1.807) is 6.92 Å². The van der Waals surface area contributed by atoms with Crippen LogP contribution in [0.2, 0.25) is 0 Å². The number of hydrogen-bond donors (Lipinski definition) is 0. The van der Waals surface area contributed by atoms with Gasteiger partial charge in [0.1, 0.15) is 11.7 Å². The SMILES string of the molecule is C=C(C)C(=O)OCC(=O)OC1C2CC3C(C2)S(=O)(=O)OC31C. The highest BCUT2D eigenvalue weighted by Crippen LogP contribution is 2.61. The molecule has 5 atom stereocenters. The van der Waals surface area contributed by atoms with Crippen molar-refractivity contribution in [2.24, 2.45) is 11.8 Å². The Bertz CT molecular complexity index is 652. The predicted octanol–water partition coefficient (Wildman–Crippen LogP) is 0.545. The third kappa shape index (κ3) is 2.16. The smallest absolute Gasteiger partial charge is 0.344 e. The first-order chi connectivity index (χ1) is 10.1. The fourth-order valence-corrected chi connectivity index (χ4v) is 6.05. The molecule has 1 saturated heterocycles. The standard InChI is InChI=1S/C14H18O7S/c1-7(2)13(16)19-6-11(15)20-12-8-4-9-10(5-8)22(17,18)21-14(9,12)3/h8-10,12H,1,4-6H2,2-3H3. The van der Waals surface area contributed by atoms with E-state index in [0.29, 0.717) is 12.8 Å². The van der Waals surface area contributed by atoms with Crippen LogP contribution in [0, 0.1) is 11.8 Å². The Morgan fingerprint density at radius 1 is 1.36 bits per heavy atom. The molecule has 1 heterocycles. The second-order valence-corrected chi connectivity index (χ2v) is 8.16. The van der Waals surface area contributed by atoms with Crippen LogP contribution in [0.4, 0.5) is 0 Å². The van der Waals surface area contributed by atoms with E-state index in [1.807, 2.05) is 0 Å². The summed E-state index contributed by atoms with van der Waals surface area (Å²) in [6, 6.07) is 0. The molecule has 3 aliphatic rings. The second-order valence-electron chi connectivity index (χ2n) is 6.40. The lowest BCUT2D eigenvalue weighted by atomic mass is 9.83. The lowest BCUT2D eigenvalue weighted by Crippen LogP contribution is -2.47. The first kappa shape index (κ1) is 15.5. The number of rotatable bonds is 4. The molecule has 0 N–H and O–H groups in total. The Morgan fingerprint density at radius 3 is 2.68 bits per heavy atom. The third-order valence-electron chi connectivity index (χ3n) is 4.86. The van der Waals surface area contributed by atoms with Gasteiger partial charge in [-0.15, -0.1) is 0 Å². The van der Waals surface area contributed by atoms with E-state index in [-0.39, 0.29) is 17.4 Å². The van der Waals surface area contributed by atoms with Gasteiger partial charge in [0.25, 0.3) is 10.1 Å². The highest BCUT2D eigenvalue weighted by Gasteiger charge is 2.71. The quantitative estimate of drug-likeness (QED) is 0.422. The minimum Gasteiger partial charge on any atom is -0.456 e. The second kappa shape index (κ2) is 4.79. The molecule has 22 heavy (non-hydrogen) atoms. The molecule has 1 aliphatic heterocycles. The van der Waals surface area contributed by atoms with Crippen LogP contribution in [-0.2, 0) is 33.4 Å². The molecular weight excluding hydrogens is 312 g/mol. The molecule has 122 valence electrons. The molecule has 2 saturated carbocycles. The lowest BCUT2D eigenvalue weighted by molar-refractivity contribution is -0.171. The Kier molecular flexibility index (Phi) is 3.37. The summed E-state index contributed by atoms with van der Waals surface area (Å²) in [5.74, 6) is -1.55. The molecular formula is C14H18O7S. The van der Waals surface area contributed by atoms with Crippen molar-refractivity contribution in [3.63, 3.8) is 0 Å². The molecule has 0 radical (unpaired) electrons. The third-order valence-corrected chi connectivity index (χ3v) is 6.72. The summed E-state index contributed by atoms with van der Waals surface area (Å²) in [5.41, 5.74) is -0.812. The highest BCUT2D eigenvalue weighted by molar-refractivity contribution is 7.87. The minimum absolute atomic E-state index is 0.0296. The van der Waals surface area contributed by atoms with Crippen molar-refractivity contribution >= 4 is 22.1 Å². The van der Waals surface area contributed by atoms with Crippen molar-refractivity contribution in [1.29, 1.82) is 0 Å². The molecule has 0 aromatic rings. The normalized spacial score (nSPS) is 40.5. The Hall–Kier alpha value is -1.41. The number of hydrogen-bond acceptors (Lipinski definition) is 7. The van der Waals surface area contributed by atoms with Crippen LogP contribution in [0.25, 0.3) is 0 Å². The van der Waals surface area contributed by atoms with Crippen molar-refractivity contribution < 1.29 is 31.7 Å². The van der Waals surface area contributed by atoms with Crippen molar-refractivity contribution in [3.8, 4) is 0 Å². The maximum atomic E-state index is 12.0. The molecule has 2 bridgehead atoms. The van der Waals surface area contributed by atoms with Gasteiger partial charge in [0, 0.05) is 17.4 Å². The average Bonchev–Trinajstić information content (AvgIpc) is 2.98. The molecule has 7 nitrogen and oxygen atoms in total. The number of carbonyl (C=O) groups excluding carboxylic acids is 2. The van der Waals surface area contributed by atoms with Crippen LogP contribution < -0.4 is 0 Å². The van der Waals surface area contributed by atoms with Crippen LogP contribution in [0.15, 0.2) is 12.2 Å². The maximum absolute atomic E-state index is 12.0. The summed E-state index contributed by atoms with van der Waals surface area (Å²) in [6.45, 7) is 6.04. The maximum Gasteiger partial charge on any atom is 0.344 e. The van der Waals surface area contributed by atoms with E-state index in [0.717, 1.165) is 0 Å². The first-order valence-electron chi connectivity index (χ1n) is 7.11. The van der Waals surface area contributed by atoms with Gasteiger partial charge in [0.2, 0.25) is 0 Å². The molecule has 8 heteroatoms. The lowest BCUT2D eigenvalue weighted by Gasteiger charge is -2.33. The summed E-state index contributed by atoms with van der Waals surface area (Å²) in [6.07, 6.45) is 0.498. The van der Waals surface area contributed by atoms with Gasteiger partial charge in [0.05, 0.1) is 5.25 Å². The summed E-state index contributed by atoms with van der Waals surface area (Å²) in [4.78, 5) is 23.1. The van der Waals surface area contributed by atoms with Crippen LogP contribution in [-0.4, -0.2) is 43.9 Å². The summed E-state index contributed by atoms with van der Waals surface area (Å²) < 4.78 is 39.3. The monoisotopic (exact) mass is 330 g/mol. The van der Waals surface area contributed by atoms with Gasteiger partial charge in [-0.25, -0.2) is 9.59 Å². The van der Waals surface area contributed by atoms with Crippen LogP contribution in [0.5, 0.6) is 0 Å². The number of esters is 2. The van der Waals surface area contributed by atoms with Gasteiger partial charge in [-0.05, 0) is 26.7 Å². The first-order valence-corrected chi connectivity index (χ1v) is 8.59. The van der Waals surface area contributed by atoms with Crippen molar-refractivity contribution in [3.05, 3.63) is 12.2 Å². The van der Waals surface area contributed by atoms with Crippen molar-refractivity contribution in [2.45, 2.75) is 43.6 Å². The molecule has 5 unspecified atom stereocenters.